The number of hydrogen-bond donors (Lipinski definition) is 0. The van der Waals surface area contributed by atoms with Crippen LogP contribution in [0.4, 0.5) is 4.39 Å². The Morgan fingerprint density at radius 1 is 1.29 bits per heavy atom. The van der Waals surface area contributed by atoms with Crippen molar-refractivity contribution in [2.75, 3.05) is 6.54 Å². The highest BCUT2D eigenvalue weighted by Crippen LogP contribution is 2.30. The minimum atomic E-state index is -0.487. The van der Waals surface area contributed by atoms with E-state index < -0.39 is 5.82 Å². The molecule has 110 valence electrons. The average Bonchev–Trinajstić information content (AvgIpc) is 2.81. The molecule has 1 aliphatic heterocycles. The van der Waals surface area contributed by atoms with Crippen LogP contribution in [0.3, 0.4) is 0 Å². The maximum Gasteiger partial charge on any atom is 0.258 e. The SMILES string of the molecule is Cc1ccc2n1CCN(C(=O)c1c(F)cccc1Br)C2C. The first-order chi connectivity index (χ1) is 10.0. The Kier molecular flexibility index (Phi) is 3.61. The van der Waals surface area contributed by atoms with Gasteiger partial charge in [-0.25, -0.2) is 4.39 Å². The molecule has 0 bridgehead atoms. The standard InChI is InChI=1S/C16H16BrFN2O/c1-10-6-7-14-11(2)20(9-8-19(10)14)16(21)15-12(17)4-3-5-13(15)18/h3-7,11H,8-9H2,1-2H3. The van der Waals surface area contributed by atoms with Crippen LogP contribution in [0.1, 0.15) is 34.7 Å². The van der Waals surface area contributed by atoms with E-state index in [-0.39, 0.29) is 17.5 Å². The number of benzene rings is 1. The van der Waals surface area contributed by atoms with Crippen LogP contribution >= 0.6 is 15.9 Å². The van der Waals surface area contributed by atoms with Crippen LogP contribution in [0, 0.1) is 12.7 Å². The lowest BCUT2D eigenvalue weighted by molar-refractivity contribution is 0.0637. The second-order valence-corrected chi connectivity index (χ2v) is 6.18. The predicted molar refractivity (Wildman–Crippen MR) is 82.7 cm³/mol. The third kappa shape index (κ3) is 2.29. The summed E-state index contributed by atoms with van der Waals surface area (Å²) in [6.07, 6.45) is 0. The van der Waals surface area contributed by atoms with Crippen molar-refractivity contribution in [2.45, 2.75) is 26.4 Å². The van der Waals surface area contributed by atoms with Crippen LogP contribution in [-0.4, -0.2) is 21.9 Å². The largest absolute Gasteiger partial charge is 0.345 e. The van der Waals surface area contributed by atoms with E-state index in [9.17, 15) is 9.18 Å². The number of aromatic nitrogens is 1. The molecular weight excluding hydrogens is 335 g/mol. The van der Waals surface area contributed by atoms with Crippen molar-refractivity contribution in [1.29, 1.82) is 0 Å². The van der Waals surface area contributed by atoms with E-state index in [0.717, 1.165) is 12.2 Å². The predicted octanol–water partition coefficient (Wildman–Crippen LogP) is 3.92. The van der Waals surface area contributed by atoms with Crippen LogP contribution in [0.25, 0.3) is 0 Å². The Morgan fingerprint density at radius 3 is 2.76 bits per heavy atom. The number of rotatable bonds is 1. The molecule has 1 atom stereocenters. The number of carbonyl (C=O) groups excluding carboxylic acids is 1. The highest BCUT2D eigenvalue weighted by atomic mass is 79.9. The van der Waals surface area contributed by atoms with Gasteiger partial charge in [0.15, 0.2) is 0 Å². The van der Waals surface area contributed by atoms with Gasteiger partial charge < -0.3 is 9.47 Å². The Bertz CT molecular complexity index is 690. The fourth-order valence-corrected chi connectivity index (χ4v) is 3.46. The lowest BCUT2D eigenvalue weighted by Gasteiger charge is -2.35. The van der Waals surface area contributed by atoms with Crippen LogP contribution < -0.4 is 0 Å². The summed E-state index contributed by atoms with van der Waals surface area (Å²) >= 11 is 3.28. The number of nitrogens with zero attached hydrogens (tertiary/aromatic N) is 2. The normalized spacial score (nSPS) is 17.7. The smallest absolute Gasteiger partial charge is 0.258 e. The number of aryl methyl sites for hydroxylation is 1. The van der Waals surface area contributed by atoms with Crippen LogP contribution in [0.15, 0.2) is 34.8 Å². The van der Waals surface area contributed by atoms with E-state index in [4.69, 9.17) is 0 Å². The van der Waals surface area contributed by atoms with Gasteiger partial charge in [0.2, 0.25) is 0 Å². The van der Waals surface area contributed by atoms with Gasteiger partial charge in [-0.3, -0.25) is 4.79 Å². The van der Waals surface area contributed by atoms with Gasteiger partial charge in [0, 0.05) is 29.0 Å². The summed E-state index contributed by atoms with van der Waals surface area (Å²) < 4.78 is 16.7. The number of halogens is 2. The maximum atomic E-state index is 14.0. The summed E-state index contributed by atoms with van der Waals surface area (Å²) in [4.78, 5) is 14.4. The zero-order valence-corrected chi connectivity index (χ0v) is 13.5. The molecule has 1 aromatic carbocycles. The molecule has 1 amide bonds. The van der Waals surface area contributed by atoms with Crippen LogP contribution in [-0.2, 0) is 6.54 Å². The molecule has 1 unspecified atom stereocenters. The molecule has 0 spiro atoms. The minimum absolute atomic E-state index is 0.0635. The first-order valence-electron chi connectivity index (χ1n) is 6.91. The number of hydrogen-bond acceptors (Lipinski definition) is 1. The van der Waals surface area contributed by atoms with Crippen LogP contribution in [0.2, 0.25) is 0 Å². The van der Waals surface area contributed by atoms with Gasteiger partial charge in [-0.1, -0.05) is 6.07 Å². The van der Waals surface area contributed by atoms with Crippen LogP contribution in [0.5, 0.6) is 0 Å². The third-order valence-corrected chi connectivity index (χ3v) is 4.79. The van der Waals surface area contributed by atoms with Gasteiger partial charge in [-0.15, -0.1) is 0 Å². The molecule has 0 radical (unpaired) electrons. The second-order valence-electron chi connectivity index (χ2n) is 5.32. The molecule has 21 heavy (non-hydrogen) atoms. The lowest BCUT2D eigenvalue weighted by atomic mass is 10.1. The summed E-state index contributed by atoms with van der Waals surface area (Å²) in [5.74, 6) is -0.753. The zero-order chi connectivity index (χ0) is 15.1. The highest BCUT2D eigenvalue weighted by Gasteiger charge is 2.31. The molecule has 0 saturated heterocycles. The lowest BCUT2D eigenvalue weighted by Crippen LogP contribution is -2.41. The van der Waals surface area contributed by atoms with Crippen molar-refractivity contribution < 1.29 is 9.18 Å². The molecule has 0 saturated carbocycles. The van der Waals surface area contributed by atoms with E-state index in [1.807, 2.05) is 13.0 Å². The van der Waals surface area contributed by atoms with Gasteiger partial charge in [-0.2, -0.15) is 0 Å². The molecule has 2 heterocycles. The summed E-state index contributed by atoms with van der Waals surface area (Å²) in [5.41, 5.74) is 2.40. The molecule has 5 heteroatoms. The van der Waals surface area contributed by atoms with Crippen molar-refractivity contribution >= 4 is 21.8 Å². The number of carbonyl (C=O) groups is 1. The Labute approximate surface area is 131 Å². The van der Waals surface area contributed by atoms with E-state index in [0.29, 0.717) is 11.0 Å². The third-order valence-electron chi connectivity index (χ3n) is 4.13. The molecule has 1 aliphatic rings. The highest BCUT2D eigenvalue weighted by molar-refractivity contribution is 9.10. The first-order valence-corrected chi connectivity index (χ1v) is 7.71. The van der Waals surface area contributed by atoms with E-state index >= 15 is 0 Å². The van der Waals surface area contributed by atoms with Gasteiger partial charge in [0.1, 0.15) is 5.82 Å². The molecular formula is C16H16BrFN2O. The Morgan fingerprint density at radius 2 is 2.05 bits per heavy atom. The summed E-state index contributed by atoms with van der Waals surface area (Å²) in [6.45, 7) is 5.37. The quantitative estimate of drug-likeness (QED) is 0.765. The minimum Gasteiger partial charge on any atom is -0.345 e. The van der Waals surface area contributed by atoms with Crippen molar-refractivity contribution in [1.82, 2.24) is 9.47 Å². The van der Waals surface area contributed by atoms with Crippen molar-refractivity contribution in [2.24, 2.45) is 0 Å². The topological polar surface area (TPSA) is 25.2 Å². The molecule has 0 aliphatic carbocycles. The summed E-state index contributed by atoms with van der Waals surface area (Å²) in [7, 11) is 0. The molecule has 3 nitrogen and oxygen atoms in total. The summed E-state index contributed by atoms with van der Waals surface area (Å²) in [5, 5.41) is 0. The molecule has 0 N–H and O–H groups in total. The fraction of sp³-hybridized carbons (Fsp3) is 0.312. The van der Waals surface area contributed by atoms with Crippen molar-refractivity contribution in [3.8, 4) is 0 Å². The van der Waals surface area contributed by atoms with Gasteiger partial charge >= 0.3 is 0 Å². The van der Waals surface area contributed by atoms with E-state index in [1.165, 1.54) is 11.8 Å². The monoisotopic (exact) mass is 350 g/mol. The van der Waals surface area contributed by atoms with Gasteiger partial charge in [0.25, 0.3) is 5.91 Å². The zero-order valence-electron chi connectivity index (χ0n) is 11.9. The fourth-order valence-electron chi connectivity index (χ4n) is 2.94. The Balaban J connectivity index is 1.97. The average molecular weight is 351 g/mol. The van der Waals surface area contributed by atoms with E-state index in [2.05, 4.69) is 33.5 Å². The first kappa shape index (κ1) is 14.3. The van der Waals surface area contributed by atoms with Gasteiger partial charge in [-0.05, 0) is 54.0 Å². The number of amides is 1. The second kappa shape index (κ2) is 5.30. The summed E-state index contributed by atoms with van der Waals surface area (Å²) in [6, 6.07) is 8.63. The Hall–Kier alpha value is -1.62. The number of fused-ring (bicyclic) bond motifs is 1. The van der Waals surface area contributed by atoms with E-state index in [1.54, 1.807) is 17.0 Å². The molecule has 0 fully saturated rings. The maximum absolute atomic E-state index is 14.0. The van der Waals surface area contributed by atoms with Crippen molar-refractivity contribution in [3.05, 3.63) is 57.6 Å². The molecule has 3 rings (SSSR count). The van der Waals surface area contributed by atoms with Crippen molar-refractivity contribution in [3.63, 3.8) is 0 Å². The van der Waals surface area contributed by atoms with Gasteiger partial charge in [0.05, 0.1) is 11.6 Å². The molecule has 1 aromatic heterocycles. The molecule has 2 aromatic rings.